The predicted octanol–water partition coefficient (Wildman–Crippen LogP) is 0.0525. The van der Waals surface area contributed by atoms with Crippen molar-refractivity contribution < 1.29 is 9.53 Å². The van der Waals surface area contributed by atoms with Crippen LogP contribution in [-0.2, 0) is 11.2 Å². The number of ether oxygens (including phenoxy) is 1. The van der Waals surface area contributed by atoms with E-state index in [0.29, 0.717) is 44.0 Å². The fourth-order valence-electron chi connectivity index (χ4n) is 1.49. The van der Waals surface area contributed by atoms with Crippen LogP contribution in [0.15, 0.2) is 6.07 Å². The zero-order valence-electron chi connectivity index (χ0n) is 10.9. The summed E-state index contributed by atoms with van der Waals surface area (Å²) in [6.07, 6.45) is 0.680. The Morgan fingerprint density at radius 3 is 2.89 bits per heavy atom. The van der Waals surface area contributed by atoms with Gasteiger partial charge in [-0.1, -0.05) is 6.92 Å². The number of hydrogen-bond acceptors (Lipinski definition) is 5. The highest BCUT2D eigenvalue weighted by Gasteiger charge is 2.12. The molecule has 18 heavy (non-hydrogen) atoms. The van der Waals surface area contributed by atoms with Gasteiger partial charge in [0.1, 0.15) is 0 Å². The number of hydrogen-bond donors (Lipinski definition) is 2. The van der Waals surface area contributed by atoms with Crippen molar-refractivity contribution in [3.05, 3.63) is 23.0 Å². The first kappa shape index (κ1) is 14.5. The lowest BCUT2D eigenvalue weighted by atomic mass is 10.1. The number of aryl methyl sites for hydroxylation is 2. The molecule has 0 atom stereocenters. The zero-order chi connectivity index (χ0) is 13.4. The molecule has 0 bridgehead atoms. The molecule has 3 N–H and O–H groups in total. The van der Waals surface area contributed by atoms with E-state index >= 15 is 0 Å². The van der Waals surface area contributed by atoms with Gasteiger partial charge in [0.05, 0.1) is 30.2 Å². The first-order valence-electron chi connectivity index (χ1n) is 6.08. The van der Waals surface area contributed by atoms with Crippen molar-refractivity contribution in [3.63, 3.8) is 0 Å². The van der Waals surface area contributed by atoms with Gasteiger partial charge in [-0.05, 0) is 19.4 Å². The minimum atomic E-state index is -0.138. The van der Waals surface area contributed by atoms with Crippen LogP contribution in [0.25, 0.3) is 0 Å². The summed E-state index contributed by atoms with van der Waals surface area (Å²) in [5.74, 6) is -0.138. The summed E-state index contributed by atoms with van der Waals surface area (Å²) in [6, 6.07) is 1.75. The standard InChI is InChI=1S/C12H20N4O2/c1-3-11-10(8-9(2)15-16-11)12(17)14-5-7-18-6-4-13/h8H,3-7,13H2,1-2H3,(H,14,17). The largest absolute Gasteiger partial charge is 0.378 e. The topological polar surface area (TPSA) is 90.1 Å². The summed E-state index contributed by atoms with van der Waals surface area (Å²) in [4.78, 5) is 12.0. The third-order valence-electron chi connectivity index (χ3n) is 2.37. The molecule has 100 valence electrons. The van der Waals surface area contributed by atoms with Crippen LogP contribution in [0.2, 0.25) is 0 Å². The van der Waals surface area contributed by atoms with E-state index in [9.17, 15) is 4.79 Å². The van der Waals surface area contributed by atoms with Crippen molar-refractivity contribution in [2.75, 3.05) is 26.3 Å². The molecule has 6 heteroatoms. The van der Waals surface area contributed by atoms with Crippen LogP contribution in [0.3, 0.4) is 0 Å². The molecule has 1 heterocycles. The molecule has 0 fully saturated rings. The van der Waals surface area contributed by atoms with Crippen molar-refractivity contribution in [2.24, 2.45) is 5.73 Å². The molecule has 1 aromatic heterocycles. The van der Waals surface area contributed by atoms with E-state index in [-0.39, 0.29) is 5.91 Å². The minimum Gasteiger partial charge on any atom is -0.378 e. The predicted molar refractivity (Wildman–Crippen MR) is 68.4 cm³/mol. The highest BCUT2D eigenvalue weighted by atomic mass is 16.5. The highest BCUT2D eigenvalue weighted by molar-refractivity contribution is 5.95. The Labute approximate surface area is 107 Å². The van der Waals surface area contributed by atoms with Gasteiger partial charge in [-0.15, -0.1) is 0 Å². The molecule has 0 aliphatic carbocycles. The van der Waals surface area contributed by atoms with E-state index in [1.807, 2.05) is 13.8 Å². The Balaban J connectivity index is 2.52. The third kappa shape index (κ3) is 4.38. The van der Waals surface area contributed by atoms with E-state index in [4.69, 9.17) is 10.5 Å². The van der Waals surface area contributed by atoms with Crippen LogP contribution in [0.4, 0.5) is 0 Å². The second-order valence-corrected chi connectivity index (χ2v) is 3.86. The van der Waals surface area contributed by atoms with Gasteiger partial charge in [-0.3, -0.25) is 4.79 Å². The van der Waals surface area contributed by atoms with Crippen molar-refractivity contribution in [1.29, 1.82) is 0 Å². The number of rotatable bonds is 7. The molecule has 0 unspecified atom stereocenters. The summed E-state index contributed by atoms with van der Waals surface area (Å²) >= 11 is 0. The molecular weight excluding hydrogens is 232 g/mol. The van der Waals surface area contributed by atoms with Crippen LogP contribution < -0.4 is 11.1 Å². The Kier molecular flexibility index (Phi) is 6.24. The summed E-state index contributed by atoms with van der Waals surface area (Å²) in [7, 11) is 0. The number of nitrogens with zero attached hydrogens (tertiary/aromatic N) is 2. The average molecular weight is 252 g/mol. The van der Waals surface area contributed by atoms with Crippen LogP contribution in [-0.4, -0.2) is 42.4 Å². The summed E-state index contributed by atoms with van der Waals surface area (Å²) < 4.78 is 5.18. The first-order valence-corrected chi connectivity index (χ1v) is 6.08. The van der Waals surface area contributed by atoms with Crippen molar-refractivity contribution in [3.8, 4) is 0 Å². The van der Waals surface area contributed by atoms with E-state index in [0.717, 1.165) is 5.69 Å². The molecule has 1 amide bonds. The molecule has 0 saturated carbocycles. The normalized spacial score (nSPS) is 10.4. The van der Waals surface area contributed by atoms with Gasteiger partial charge < -0.3 is 15.8 Å². The van der Waals surface area contributed by atoms with E-state index < -0.39 is 0 Å². The van der Waals surface area contributed by atoms with E-state index in [2.05, 4.69) is 15.5 Å². The SMILES string of the molecule is CCc1nnc(C)cc1C(=O)NCCOCCN. The molecule has 6 nitrogen and oxygen atoms in total. The molecule has 0 aliphatic heterocycles. The summed E-state index contributed by atoms with van der Waals surface area (Å²) in [6.45, 7) is 5.67. The van der Waals surface area contributed by atoms with Crippen LogP contribution >= 0.6 is 0 Å². The lowest BCUT2D eigenvalue weighted by molar-refractivity contribution is 0.0918. The molecule has 0 aromatic carbocycles. The first-order chi connectivity index (χ1) is 8.69. The van der Waals surface area contributed by atoms with Crippen molar-refractivity contribution in [1.82, 2.24) is 15.5 Å². The van der Waals surface area contributed by atoms with E-state index in [1.54, 1.807) is 6.07 Å². The quantitative estimate of drug-likeness (QED) is 0.669. The minimum absolute atomic E-state index is 0.138. The second kappa shape index (κ2) is 7.73. The Hall–Kier alpha value is -1.53. The lowest BCUT2D eigenvalue weighted by Gasteiger charge is -2.08. The van der Waals surface area contributed by atoms with Crippen molar-refractivity contribution >= 4 is 5.91 Å². The Bertz CT molecular complexity index is 396. The van der Waals surface area contributed by atoms with Crippen LogP contribution in [0, 0.1) is 6.92 Å². The number of nitrogens with one attached hydrogen (secondary N) is 1. The smallest absolute Gasteiger partial charge is 0.253 e. The van der Waals surface area contributed by atoms with Gasteiger partial charge >= 0.3 is 0 Å². The third-order valence-corrected chi connectivity index (χ3v) is 2.37. The molecule has 0 saturated heterocycles. The fourth-order valence-corrected chi connectivity index (χ4v) is 1.49. The maximum atomic E-state index is 12.0. The van der Waals surface area contributed by atoms with Gasteiger partial charge in [0.15, 0.2) is 0 Å². The average Bonchev–Trinajstić information content (AvgIpc) is 2.38. The number of carbonyl (C=O) groups is 1. The number of aromatic nitrogens is 2. The van der Waals surface area contributed by atoms with Gasteiger partial charge in [0.25, 0.3) is 5.91 Å². The molecular formula is C12H20N4O2. The molecule has 1 rings (SSSR count). The van der Waals surface area contributed by atoms with E-state index in [1.165, 1.54) is 0 Å². The van der Waals surface area contributed by atoms with Crippen LogP contribution in [0.5, 0.6) is 0 Å². The Morgan fingerprint density at radius 2 is 2.22 bits per heavy atom. The molecule has 1 aromatic rings. The molecule has 0 spiro atoms. The fraction of sp³-hybridized carbons (Fsp3) is 0.583. The number of amides is 1. The monoisotopic (exact) mass is 252 g/mol. The van der Waals surface area contributed by atoms with Crippen molar-refractivity contribution in [2.45, 2.75) is 20.3 Å². The van der Waals surface area contributed by atoms with Crippen LogP contribution in [0.1, 0.15) is 28.7 Å². The summed E-state index contributed by atoms with van der Waals surface area (Å²) in [5, 5.41) is 10.7. The molecule has 0 aliphatic rings. The second-order valence-electron chi connectivity index (χ2n) is 3.86. The number of carbonyl (C=O) groups excluding carboxylic acids is 1. The maximum absolute atomic E-state index is 12.0. The lowest BCUT2D eigenvalue weighted by Crippen LogP contribution is -2.29. The van der Waals surface area contributed by atoms with Gasteiger partial charge in [0, 0.05) is 13.1 Å². The Morgan fingerprint density at radius 1 is 1.44 bits per heavy atom. The maximum Gasteiger partial charge on any atom is 0.253 e. The van der Waals surface area contributed by atoms with Gasteiger partial charge in [0.2, 0.25) is 0 Å². The number of nitrogens with two attached hydrogens (primary N) is 1. The van der Waals surface area contributed by atoms with Gasteiger partial charge in [-0.2, -0.15) is 10.2 Å². The summed E-state index contributed by atoms with van der Waals surface area (Å²) in [5.41, 5.74) is 7.32. The highest BCUT2D eigenvalue weighted by Crippen LogP contribution is 2.07. The van der Waals surface area contributed by atoms with Gasteiger partial charge in [-0.25, -0.2) is 0 Å². The zero-order valence-corrected chi connectivity index (χ0v) is 10.9. The molecule has 0 radical (unpaired) electrons.